The Morgan fingerprint density at radius 2 is 1.82 bits per heavy atom. The molecule has 0 saturated carbocycles. The van der Waals surface area contributed by atoms with Gasteiger partial charge in [0.1, 0.15) is 5.82 Å². The summed E-state index contributed by atoms with van der Waals surface area (Å²) >= 11 is 0. The quantitative estimate of drug-likeness (QED) is 0.887. The normalized spacial score (nSPS) is 13.8. The minimum atomic E-state index is -4.43. The summed E-state index contributed by atoms with van der Waals surface area (Å²) in [6.07, 6.45) is -4.43. The summed E-state index contributed by atoms with van der Waals surface area (Å²) in [4.78, 5) is 0. The van der Waals surface area contributed by atoms with Gasteiger partial charge in [-0.1, -0.05) is 20.8 Å². The maximum Gasteiger partial charge on any atom is 0.435 e. The van der Waals surface area contributed by atoms with Crippen molar-refractivity contribution in [2.75, 3.05) is 11.9 Å². The lowest BCUT2D eigenvalue weighted by Crippen LogP contribution is -2.17. The zero-order valence-corrected chi connectivity index (χ0v) is 10.0. The number of aromatic nitrogens is 2. The summed E-state index contributed by atoms with van der Waals surface area (Å²) in [5.41, 5.74) is -0.972. The smallest absolute Gasteiger partial charge is 0.368 e. The van der Waals surface area contributed by atoms with Crippen LogP contribution in [0.3, 0.4) is 0 Å². The van der Waals surface area contributed by atoms with Crippen LogP contribution in [0.2, 0.25) is 0 Å². The Morgan fingerprint density at radius 3 is 2.24 bits per heavy atom. The van der Waals surface area contributed by atoms with Crippen LogP contribution < -0.4 is 5.32 Å². The molecule has 1 heterocycles. The predicted molar refractivity (Wildman–Crippen MR) is 59.5 cm³/mol. The fraction of sp³-hybridized carbons (Fsp3) is 0.636. The van der Waals surface area contributed by atoms with Crippen LogP contribution in [0.25, 0.3) is 0 Å². The van der Waals surface area contributed by atoms with Gasteiger partial charge < -0.3 is 5.32 Å². The standard InChI is InChI=1S/C11H16F3N3/c1-7(2)8(3)6-15-10-5-4-9(16-17-10)11(12,13)14/h4-5,7-8H,6H2,1-3H3,(H,15,17). The Bertz CT molecular complexity index is 346. The number of rotatable bonds is 4. The molecule has 3 nitrogen and oxygen atoms in total. The minimum absolute atomic E-state index is 0.366. The summed E-state index contributed by atoms with van der Waals surface area (Å²) in [6, 6.07) is 2.22. The number of halogens is 3. The Kier molecular flexibility index (Phi) is 4.31. The van der Waals surface area contributed by atoms with Crippen LogP contribution in [-0.4, -0.2) is 16.7 Å². The Morgan fingerprint density at radius 1 is 1.18 bits per heavy atom. The molecule has 0 aromatic carbocycles. The van der Waals surface area contributed by atoms with Crippen LogP contribution in [0, 0.1) is 11.8 Å². The molecule has 0 aliphatic carbocycles. The molecule has 0 fully saturated rings. The molecule has 1 aromatic rings. The third-order valence-corrected chi connectivity index (χ3v) is 2.70. The van der Waals surface area contributed by atoms with Crippen LogP contribution in [0.4, 0.5) is 19.0 Å². The molecular formula is C11H16F3N3. The van der Waals surface area contributed by atoms with Gasteiger partial charge in [-0.05, 0) is 24.0 Å². The molecule has 0 saturated heterocycles. The first-order valence-corrected chi connectivity index (χ1v) is 5.45. The molecule has 1 rings (SSSR count). The molecule has 0 aliphatic heterocycles. The van der Waals surface area contributed by atoms with Gasteiger partial charge in [0, 0.05) is 6.54 Å². The van der Waals surface area contributed by atoms with E-state index in [-0.39, 0.29) is 0 Å². The van der Waals surface area contributed by atoms with Crippen LogP contribution in [-0.2, 0) is 6.18 Å². The zero-order chi connectivity index (χ0) is 13.1. The summed E-state index contributed by atoms with van der Waals surface area (Å²) in [5.74, 6) is 1.29. The maximum absolute atomic E-state index is 12.2. The van der Waals surface area contributed by atoms with E-state index in [4.69, 9.17) is 0 Å². The molecule has 17 heavy (non-hydrogen) atoms. The number of nitrogens with zero attached hydrogens (tertiary/aromatic N) is 2. The minimum Gasteiger partial charge on any atom is -0.368 e. The molecule has 1 atom stereocenters. The van der Waals surface area contributed by atoms with Crippen molar-refractivity contribution in [1.29, 1.82) is 0 Å². The van der Waals surface area contributed by atoms with Crippen molar-refractivity contribution in [1.82, 2.24) is 10.2 Å². The Hall–Kier alpha value is -1.33. The highest BCUT2D eigenvalue weighted by atomic mass is 19.4. The van der Waals surface area contributed by atoms with Crippen molar-refractivity contribution >= 4 is 5.82 Å². The van der Waals surface area contributed by atoms with Crippen molar-refractivity contribution < 1.29 is 13.2 Å². The molecule has 6 heteroatoms. The number of anilines is 1. The van der Waals surface area contributed by atoms with Gasteiger partial charge in [0.15, 0.2) is 5.69 Å². The van der Waals surface area contributed by atoms with E-state index in [1.165, 1.54) is 6.07 Å². The highest BCUT2D eigenvalue weighted by Crippen LogP contribution is 2.27. The Balaban J connectivity index is 2.57. The average molecular weight is 247 g/mol. The Labute approximate surface area is 98.4 Å². The molecule has 0 radical (unpaired) electrons. The molecule has 0 aliphatic rings. The first kappa shape index (κ1) is 13.7. The highest BCUT2D eigenvalue weighted by molar-refractivity contribution is 5.33. The van der Waals surface area contributed by atoms with E-state index in [0.717, 1.165) is 6.07 Å². The molecule has 1 unspecified atom stereocenters. The summed E-state index contributed by atoms with van der Waals surface area (Å²) < 4.78 is 36.6. The summed E-state index contributed by atoms with van der Waals surface area (Å²) in [6.45, 7) is 6.91. The lowest BCUT2D eigenvalue weighted by Gasteiger charge is -2.16. The zero-order valence-electron chi connectivity index (χ0n) is 10.0. The van der Waals surface area contributed by atoms with Crippen LogP contribution in [0.5, 0.6) is 0 Å². The first-order valence-electron chi connectivity index (χ1n) is 5.45. The van der Waals surface area contributed by atoms with E-state index in [1.807, 2.05) is 0 Å². The maximum atomic E-state index is 12.2. The van der Waals surface area contributed by atoms with Gasteiger partial charge in [0.25, 0.3) is 0 Å². The molecule has 0 bridgehead atoms. The lowest BCUT2D eigenvalue weighted by molar-refractivity contribution is -0.141. The van der Waals surface area contributed by atoms with Crippen LogP contribution in [0.15, 0.2) is 12.1 Å². The van der Waals surface area contributed by atoms with Crippen molar-refractivity contribution in [2.24, 2.45) is 11.8 Å². The van der Waals surface area contributed by atoms with E-state index < -0.39 is 11.9 Å². The lowest BCUT2D eigenvalue weighted by atomic mass is 9.98. The van der Waals surface area contributed by atoms with Gasteiger partial charge in [-0.15, -0.1) is 10.2 Å². The van der Waals surface area contributed by atoms with Gasteiger partial charge in [0.05, 0.1) is 0 Å². The number of hydrogen-bond acceptors (Lipinski definition) is 3. The second-order valence-corrected chi connectivity index (χ2v) is 4.40. The summed E-state index contributed by atoms with van der Waals surface area (Å²) in [5, 5.41) is 9.59. The second-order valence-electron chi connectivity index (χ2n) is 4.40. The van der Waals surface area contributed by atoms with Crippen LogP contribution >= 0.6 is 0 Å². The van der Waals surface area contributed by atoms with Gasteiger partial charge >= 0.3 is 6.18 Å². The third-order valence-electron chi connectivity index (χ3n) is 2.70. The third kappa shape index (κ3) is 4.20. The SMILES string of the molecule is CC(C)C(C)CNc1ccc(C(F)(F)F)nn1. The molecule has 0 amide bonds. The van der Waals surface area contributed by atoms with E-state index >= 15 is 0 Å². The van der Waals surface area contributed by atoms with Gasteiger partial charge in [0.2, 0.25) is 0 Å². The molecule has 1 N–H and O–H groups in total. The van der Waals surface area contributed by atoms with E-state index in [1.54, 1.807) is 0 Å². The van der Waals surface area contributed by atoms with Crippen LogP contribution in [0.1, 0.15) is 26.5 Å². The molecule has 96 valence electrons. The molecule has 1 aromatic heterocycles. The topological polar surface area (TPSA) is 37.8 Å². The van der Waals surface area contributed by atoms with E-state index in [0.29, 0.717) is 24.2 Å². The molecule has 0 spiro atoms. The first-order chi connectivity index (χ1) is 7.80. The van der Waals surface area contributed by atoms with Gasteiger partial charge in [-0.3, -0.25) is 0 Å². The van der Waals surface area contributed by atoms with E-state index in [9.17, 15) is 13.2 Å². The fourth-order valence-electron chi connectivity index (χ4n) is 1.08. The fourth-order valence-corrected chi connectivity index (χ4v) is 1.08. The van der Waals surface area contributed by atoms with Gasteiger partial charge in [-0.25, -0.2) is 0 Å². The number of nitrogens with one attached hydrogen (secondary N) is 1. The summed E-state index contributed by atoms with van der Waals surface area (Å²) in [7, 11) is 0. The number of alkyl halides is 3. The predicted octanol–water partition coefficient (Wildman–Crippen LogP) is 3.20. The van der Waals surface area contributed by atoms with Gasteiger partial charge in [-0.2, -0.15) is 13.2 Å². The highest BCUT2D eigenvalue weighted by Gasteiger charge is 2.32. The monoisotopic (exact) mass is 247 g/mol. The van der Waals surface area contributed by atoms with E-state index in [2.05, 4.69) is 36.3 Å². The van der Waals surface area contributed by atoms with Crippen molar-refractivity contribution in [3.05, 3.63) is 17.8 Å². The van der Waals surface area contributed by atoms with Crippen molar-refractivity contribution in [3.63, 3.8) is 0 Å². The number of hydrogen-bond donors (Lipinski definition) is 1. The largest absolute Gasteiger partial charge is 0.435 e. The average Bonchev–Trinajstić information content (AvgIpc) is 2.25. The second kappa shape index (κ2) is 5.33. The molecular weight excluding hydrogens is 231 g/mol. The van der Waals surface area contributed by atoms with Crippen molar-refractivity contribution in [3.8, 4) is 0 Å². The van der Waals surface area contributed by atoms with Crippen molar-refractivity contribution in [2.45, 2.75) is 26.9 Å².